The molecule has 7 heterocycles. The lowest BCUT2D eigenvalue weighted by Gasteiger charge is -2.45. The summed E-state index contributed by atoms with van der Waals surface area (Å²) in [6.45, 7) is 47.3. The highest BCUT2D eigenvalue weighted by Crippen LogP contribution is 2.54. The van der Waals surface area contributed by atoms with E-state index < -0.39 is 48.4 Å². The summed E-state index contributed by atoms with van der Waals surface area (Å²) in [5, 5.41) is 8.41. The molecule has 2 aliphatic heterocycles. The molecule has 14 aromatic carbocycles. The van der Waals surface area contributed by atoms with Crippen LogP contribution in [0.15, 0.2) is 269 Å². The molecule has 0 atom stereocenters. The fourth-order valence-corrected chi connectivity index (χ4v) is 19.3. The van der Waals surface area contributed by atoms with Crippen LogP contribution in [0.25, 0.3) is 137 Å². The molecule has 0 spiro atoms. The lowest BCUT2D eigenvalue weighted by molar-refractivity contribution is 0.569. The molecule has 0 radical (unpaired) electrons. The molecule has 0 unspecified atom stereocenters. The lowest BCUT2D eigenvalue weighted by Crippen LogP contribution is -2.61. The van der Waals surface area contributed by atoms with Crippen LogP contribution >= 0.6 is 0 Å². The van der Waals surface area contributed by atoms with E-state index in [9.17, 15) is 8.22 Å². The Balaban J connectivity index is 0.882. The number of para-hydroxylation sites is 6. The molecule has 0 aliphatic carbocycles. The van der Waals surface area contributed by atoms with E-state index in [1.807, 2.05) is 6.07 Å². The second-order valence-corrected chi connectivity index (χ2v) is 41.3. The maximum Gasteiger partial charge on any atom is 0.252 e. The van der Waals surface area contributed by atoms with Crippen LogP contribution < -0.4 is 26.2 Å². The van der Waals surface area contributed by atoms with Gasteiger partial charge in [-0.05, 0) is 220 Å². The summed E-state index contributed by atoms with van der Waals surface area (Å²) in [6.07, 6.45) is 0. The first-order chi connectivity index (χ1) is 60.3. The number of furan rings is 2. The van der Waals surface area contributed by atoms with Crippen LogP contribution in [0.4, 0.5) is 34.1 Å². The minimum absolute atomic E-state index is 0.000609. The summed E-state index contributed by atoms with van der Waals surface area (Å²) in [7, 11) is 0. The Morgan fingerprint density at radius 2 is 0.575 bits per heavy atom. The second-order valence-electron chi connectivity index (χ2n) is 41.3. The number of aromatic nitrogens is 3. The second kappa shape index (κ2) is 25.6. The summed E-state index contributed by atoms with van der Waals surface area (Å²) in [5.74, 6) is 0. The fraction of sp³-hybridized carbons (Fsp3) is 0.250. The molecule has 2 aliphatic rings. The maximum atomic E-state index is 9.90. The summed E-state index contributed by atoms with van der Waals surface area (Å²) in [6, 6.07) is 75.4. The molecule has 0 saturated carbocycles. The van der Waals surface area contributed by atoms with E-state index in [2.05, 4.69) is 371 Å². The molecule has 0 saturated heterocycles. The zero-order chi connectivity index (χ0) is 90.4. The van der Waals surface area contributed by atoms with E-state index in [0.717, 1.165) is 133 Å². The van der Waals surface area contributed by atoms with Gasteiger partial charge in [-0.3, -0.25) is 0 Å². The maximum absolute atomic E-state index is 9.90. The van der Waals surface area contributed by atoms with Gasteiger partial charge in [0, 0.05) is 82.3 Å². The normalized spacial score (nSPS) is 14.8. The number of nitrogens with zero attached hydrogens (tertiary/aromatic N) is 5. The van der Waals surface area contributed by atoms with Gasteiger partial charge in [0.15, 0.2) is 22.3 Å². The highest BCUT2D eigenvalue weighted by atomic mass is 16.3. The highest BCUT2D eigenvalue weighted by molar-refractivity contribution is 7.00. The molecule has 0 fully saturated rings. The van der Waals surface area contributed by atoms with Crippen LogP contribution in [-0.4, -0.2) is 20.4 Å². The molecule has 594 valence electrons. The zero-order valence-corrected chi connectivity index (χ0v) is 72.8. The Hall–Kier alpha value is -12.3. The van der Waals surface area contributed by atoms with E-state index in [0.29, 0.717) is 28.1 Å². The van der Waals surface area contributed by atoms with Gasteiger partial charge < -0.3 is 32.3 Å². The lowest BCUT2D eigenvalue weighted by atomic mass is 9.33. The molecule has 5 aromatic heterocycles. The number of hydrogen-bond acceptors (Lipinski definition) is 4. The molecule has 7 nitrogen and oxygen atoms in total. The van der Waals surface area contributed by atoms with Gasteiger partial charge >= 0.3 is 0 Å². The third-order valence-corrected chi connectivity index (χ3v) is 26.1. The van der Waals surface area contributed by atoms with Crippen LogP contribution in [0.5, 0.6) is 0 Å². The van der Waals surface area contributed by atoms with Gasteiger partial charge in [-0.2, -0.15) is 0 Å². The number of hydrogen-bond donors (Lipinski definition) is 0. The fourth-order valence-electron chi connectivity index (χ4n) is 19.3. The van der Waals surface area contributed by atoms with E-state index in [4.69, 9.17) is 11.6 Å². The Kier molecular flexibility index (Phi) is 14.2. The molecule has 19 aromatic rings. The van der Waals surface area contributed by atoms with Gasteiger partial charge in [-0.1, -0.05) is 291 Å². The van der Waals surface area contributed by atoms with Crippen LogP contribution in [0.1, 0.15) is 195 Å². The van der Waals surface area contributed by atoms with Crippen LogP contribution in [0.2, 0.25) is 0 Å². The largest absolute Gasteiger partial charge is 0.452 e. The molecular formula is C112H106BN5O2. The molecule has 0 amide bonds. The molecule has 120 heavy (non-hydrogen) atoms. The Bertz CT molecular complexity index is 7870. The smallest absolute Gasteiger partial charge is 0.252 e. The standard InChI is InChI=1S/C112H106BN5O2/c1-106(2,3)67-43-50-89-81(58-67)82-59-68(107(4,5)6)44-51-90(82)115(89)93-38-26-32-77-79-34-28-40-95(104(79)119-102(77)93)117-97-56-65(66-54-71(110(13,14)15)57-72(55-66)111(16,17)18)42-48-85(97)113-86-49-47-74(114-87-36-24-22-30-75(87)76-31-23-25-37-88(76)114)64-98(86)118(100-63-73(112(19,20)21)62-99(117)101(100)113)96-41-29-35-80-78-33-27-39-94(103(78)120-105(80)96)116-91-52-45-69(108(7,8)9)60-83(91)84-61-70(109(10,11)12)46-53-92(84)116/h22-64H,1-21H3/i22D,23D,24D,25D,30D,31D,36D,37D. The van der Waals surface area contributed by atoms with Crippen LogP contribution in [-0.2, 0) is 37.9 Å². The topological polar surface area (TPSA) is 47.6 Å². The van der Waals surface area contributed by atoms with E-state index in [1.54, 1.807) is 4.57 Å². The third-order valence-electron chi connectivity index (χ3n) is 26.1. The Morgan fingerprint density at radius 3 is 0.950 bits per heavy atom. The highest BCUT2D eigenvalue weighted by Gasteiger charge is 2.46. The van der Waals surface area contributed by atoms with Crippen molar-refractivity contribution in [2.45, 2.75) is 183 Å². The number of fused-ring (bicyclic) bond motifs is 19. The summed E-state index contributed by atoms with van der Waals surface area (Å²) in [5.41, 5.74) is 26.5. The predicted octanol–water partition coefficient (Wildman–Crippen LogP) is 29.6. The van der Waals surface area contributed by atoms with Crippen molar-refractivity contribution < 1.29 is 19.8 Å². The van der Waals surface area contributed by atoms with Gasteiger partial charge in [-0.25, -0.2) is 0 Å². The first-order valence-corrected chi connectivity index (χ1v) is 42.6. The van der Waals surface area contributed by atoms with Crippen LogP contribution in [0.3, 0.4) is 0 Å². The van der Waals surface area contributed by atoms with E-state index in [1.165, 1.54) is 44.2 Å². The van der Waals surface area contributed by atoms with Crippen molar-refractivity contribution in [1.29, 1.82) is 0 Å². The number of rotatable bonds is 6. The predicted molar refractivity (Wildman–Crippen MR) is 514 cm³/mol. The average Bonchev–Trinajstić information content (AvgIpc) is 0.949. The SMILES string of the molecule is [2H]c1c([2H])c([2H])c2c(c1[2H])c1c([2H])c([2H])c([2H])c([2H])c1n2-c1ccc2c(c1)N(c1cccc3c1oc1c(-n4c5ccc(C(C)(C)C)cc5c5cc(C(C)(C)C)ccc54)cccc13)c1cc(C(C)(C)C)cc3c1B2c1ccc(-c2cc(C(C)(C)C)cc(C(C)(C)C)c2)cc1N3c1cccc2c1oc1c(-n3c4ccc(C(C)(C)C)cc4c4cc(C(C)(C)C)ccc43)cccc12. The molecule has 0 bridgehead atoms. The zero-order valence-electron chi connectivity index (χ0n) is 80.8. The van der Waals surface area contributed by atoms with Crippen molar-refractivity contribution in [3.63, 3.8) is 0 Å². The quantitative estimate of drug-likeness (QED) is 0.156. The summed E-state index contributed by atoms with van der Waals surface area (Å²) in [4.78, 5) is 4.83. The third kappa shape index (κ3) is 11.5. The number of benzene rings is 14. The Labute approximate surface area is 716 Å². The number of anilines is 6. The monoisotopic (exact) mass is 1570 g/mol. The minimum Gasteiger partial charge on any atom is -0.452 e. The van der Waals surface area contributed by atoms with Crippen LogP contribution in [0, 0.1) is 0 Å². The van der Waals surface area contributed by atoms with Gasteiger partial charge in [0.05, 0.1) is 66.8 Å². The first kappa shape index (κ1) is 66.6. The van der Waals surface area contributed by atoms with Gasteiger partial charge in [-0.15, -0.1) is 0 Å². The van der Waals surface area contributed by atoms with Crippen molar-refractivity contribution in [2.24, 2.45) is 0 Å². The van der Waals surface area contributed by atoms with Crippen molar-refractivity contribution >= 4 is 167 Å². The van der Waals surface area contributed by atoms with Crippen molar-refractivity contribution in [1.82, 2.24) is 13.7 Å². The first-order valence-electron chi connectivity index (χ1n) is 46.6. The minimum atomic E-state index is -0.517. The van der Waals surface area contributed by atoms with E-state index >= 15 is 0 Å². The van der Waals surface area contributed by atoms with Gasteiger partial charge in [0.1, 0.15) is 0 Å². The molecule has 8 heteroatoms. The van der Waals surface area contributed by atoms with Crippen molar-refractivity contribution in [3.05, 3.63) is 300 Å². The summed E-state index contributed by atoms with van der Waals surface area (Å²) < 4.78 is 98.3. The molecule has 21 rings (SSSR count). The molecular weight excluding hydrogens is 1460 g/mol. The van der Waals surface area contributed by atoms with Crippen molar-refractivity contribution in [2.75, 3.05) is 9.80 Å². The molecule has 0 N–H and O–H groups in total. The average molecular weight is 1570 g/mol. The van der Waals surface area contributed by atoms with Crippen molar-refractivity contribution in [3.8, 4) is 28.2 Å². The van der Waals surface area contributed by atoms with Gasteiger partial charge in [0.25, 0.3) is 6.71 Å². The van der Waals surface area contributed by atoms with E-state index in [-0.39, 0.29) is 66.4 Å². The summed E-state index contributed by atoms with van der Waals surface area (Å²) >= 11 is 0. The Morgan fingerprint density at radius 1 is 0.242 bits per heavy atom. The van der Waals surface area contributed by atoms with Gasteiger partial charge in [0.2, 0.25) is 0 Å².